The topological polar surface area (TPSA) is 79.5 Å². The first-order chi connectivity index (χ1) is 7.09. The number of carboxylic acids is 1. The maximum atomic E-state index is 10.5. The standard InChI is InChI=1S/C9H11NO4S/c1-6(11)10-4-5-15-8-3-2-7(14-8)9(12)13/h2-3H,4-5H2,1H3,(H,10,11)(H,12,13). The molecule has 0 spiro atoms. The first-order valence-corrected chi connectivity index (χ1v) is 5.28. The third-order valence-electron chi connectivity index (χ3n) is 1.51. The molecule has 1 amide bonds. The summed E-state index contributed by atoms with van der Waals surface area (Å²) >= 11 is 1.36. The van der Waals surface area contributed by atoms with Crippen molar-refractivity contribution in [2.75, 3.05) is 12.3 Å². The van der Waals surface area contributed by atoms with Crippen LogP contribution >= 0.6 is 11.8 Å². The van der Waals surface area contributed by atoms with E-state index in [0.29, 0.717) is 17.4 Å². The molecule has 0 aliphatic rings. The van der Waals surface area contributed by atoms with E-state index >= 15 is 0 Å². The van der Waals surface area contributed by atoms with Crippen LogP contribution < -0.4 is 5.32 Å². The molecular formula is C9H11NO4S. The van der Waals surface area contributed by atoms with Crippen LogP contribution in [0, 0.1) is 0 Å². The van der Waals surface area contributed by atoms with E-state index in [0.717, 1.165) is 0 Å². The number of carbonyl (C=O) groups excluding carboxylic acids is 1. The summed E-state index contributed by atoms with van der Waals surface area (Å²) in [5.41, 5.74) is 0. The summed E-state index contributed by atoms with van der Waals surface area (Å²) in [7, 11) is 0. The Morgan fingerprint density at radius 3 is 2.80 bits per heavy atom. The van der Waals surface area contributed by atoms with Gasteiger partial charge >= 0.3 is 5.97 Å². The van der Waals surface area contributed by atoms with Gasteiger partial charge in [0.25, 0.3) is 0 Å². The van der Waals surface area contributed by atoms with Crippen molar-refractivity contribution in [1.82, 2.24) is 5.32 Å². The van der Waals surface area contributed by atoms with E-state index in [1.54, 1.807) is 6.07 Å². The van der Waals surface area contributed by atoms with Crippen LogP contribution in [0.25, 0.3) is 0 Å². The molecule has 2 N–H and O–H groups in total. The molecule has 0 aliphatic carbocycles. The molecule has 15 heavy (non-hydrogen) atoms. The molecule has 0 aromatic carbocycles. The number of carboxylic acid groups (broad SMARTS) is 1. The Hall–Kier alpha value is -1.43. The van der Waals surface area contributed by atoms with Gasteiger partial charge in [-0.25, -0.2) is 4.79 Å². The number of carbonyl (C=O) groups is 2. The second-order valence-corrected chi connectivity index (χ2v) is 3.85. The molecule has 82 valence electrons. The number of hydrogen-bond donors (Lipinski definition) is 2. The molecule has 0 fully saturated rings. The average molecular weight is 229 g/mol. The minimum Gasteiger partial charge on any atom is -0.475 e. The van der Waals surface area contributed by atoms with Crippen LogP contribution in [0.1, 0.15) is 17.5 Å². The predicted octanol–water partition coefficient (Wildman–Crippen LogP) is 1.21. The highest BCUT2D eigenvalue weighted by Crippen LogP contribution is 2.20. The SMILES string of the molecule is CC(=O)NCCSc1ccc(C(=O)O)o1. The maximum Gasteiger partial charge on any atom is 0.371 e. The Morgan fingerprint density at radius 1 is 1.53 bits per heavy atom. The lowest BCUT2D eigenvalue weighted by Gasteiger charge is -1.99. The Kier molecular flexibility index (Phi) is 4.23. The van der Waals surface area contributed by atoms with Crippen LogP contribution in [0.4, 0.5) is 0 Å². The molecular weight excluding hydrogens is 218 g/mol. The molecule has 0 radical (unpaired) electrons. The van der Waals surface area contributed by atoms with Crippen LogP contribution in [0.15, 0.2) is 21.6 Å². The van der Waals surface area contributed by atoms with Gasteiger partial charge in [-0.3, -0.25) is 4.79 Å². The number of nitrogens with one attached hydrogen (secondary N) is 1. The molecule has 1 aromatic heterocycles. The monoisotopic (exact) mass is 229 g/mol. The van der Waals surface area contributed by atoms with Gasteiger partial charge < -0.3 is 14.8 Å². The number of thioether (sulfide) groups is 1. The number of hydrogen-bond acceptors (Lipinski definition) is 4. The number of aromatic carboxylic acids is 1. The van der Waals surface area contributed by atoms with Crippen molar-refractivity contribution in [2.24, 2.45) is 0 Å². The van der Waals surface area contributed by atoms with E-state index in [1.807, 2.05) is 0 Å². The van der Waals surface area contributed by atoms with Crippen LogP contribution in [-0.2, 0) is 4.79 Å². The Balaban J connectivity index is 2.31. The fourth-order valence-electron chi connectivity index (χ4n) is 0.891. The number of furan rings is 1. The zero-order valence-electron chi connectivity index (χ0n) is 8.15. The highest BCUT2D eigenvalue weighted by molar-refractivity contribution is 7.99. The molecule has 6 heteroatoms. The zero-order valence-corrected chi connectivity index (χ0v) is 8.97. The van der Waals surface area contributed by atoms with Gasteiger partial charge in [0.15, 0.2) is 5.09 Å². The van der Waals surface area contributed by atoms with E-state index < -0.39 is 5.97 Å². The van der Waals surface area contributed by atoms with Crippen molar-refractivity contribution < 1.29 is 19.1 Å². The van der Waals surface area contributed by atoms with E-state index in [2.05, 4.69) is 5.32 Å². The zero-order chi connectivity index (χ0) is 11.3. The maximum absolute atomic E-state index is 10.5. The highest BCUT2D eigenvalue weighted by Gasteiger charge is 2.08. The largest absolute Gasteiger partial charge is 0.475 e. The van der Waals surface area contributed by atoms with Gasteiger partial charge in [0.1, 0.15) is 0 Å². The predicted molar refractivity (Wildman–Crippen MR) is 55.1 cm³/mol. The van der Waals surface area contributed by atoms with Crippen molar-refractivity contribution in [3.8, 4) is 0 Å². The third-order valence-corrected chi connectivity index (χ3v) is 2.42. The van der Waals surface area contributed by atoms with Gasteiger partial charge in [0, 0.05) is 19.2 Å². The van der Waals surface area contributed by atoms with Gasteiger partial charge in [-0.05, 0) is 12.1 Å². The van der Waals surface area contributed by atoms with Crippen LogP contribution in [-0.4, -0.2) is 29.3 Å². The Morgan fingerprint density at radius 2 is 2.27 bits per heavy atom. The first kappa shape index (κ1) is 11.6. The minimum absolute atomic E-state index is 0.0722. The molecule has 0 unspecified atom stereocenters. The summed E-state index contributed by atoms with van der Waals surface area (Å²) in [5.74, 6) is -0.589. The van der Waals surface area contributed by atoms with E-state index in [-0.39, 0.29) is 11.7 Å². The molecule has 0 saturated carbocycles. The Labute approximate surface area is 90.8 Å². The highest BCUT2D eigenvalue weighted by atomic mass is 32.2. The lowest BCUT2D eigenvalue weighted by molar-refractivity contribution is -0.118. The van der Waals surface area contributed by atoms with Crippen LogP contribution in [0.2, 0.25) is 0 Å². The van der Waals surface area contributed by atoms with Crippen molar-refractivity contribution in [3.05, 3.63) is 17.9 Å². The number of amides is 1. The molecule has 0 saturated heterocycles. The molecule has 0 aliphatic heterocycles. The summed E-state index contributed by atoms with van der Waals surface area (Å²) in [4.78, 5) is 21.0. The van der Waals surface area contributed by atoms with Gasteiger partial charge in [0.2, 0.25) is 11.7 Å². The summed E-state index contributed by atoms with van der Waals surface area (Å²) in [6.45, 7) is 1.98. The van der Waals surface area contributed by atoms with Crippen molar-refractivity contribution in [1.29, 1.82) is 0 Å². The summed E-state index contributed by atoms with van der Waals surface area (Å²) in [6, 6.07) is 3.00. The van der Waals surface area contributed by atoms with Gasteiger partial charge in [-0.2, -0.15) is 0 Å². The van der Waals surface area contributed by atoms with Crippen molar-refractivity contribution in [3.63, 3.8) is 0 Å². The summed E-state index contributed by atoms with van der Waals surface area (Å²) < 4.78 is 5.00. The van der Waals surface area contributed by atoms with Crippen LogP contribution in [0.3, 0.4) is 0 Å². The fourth-order valence-corrected chi connectivity index (χ4v) is 1.61. The smallest absolute Gasteiger partial charge is 0.371 e. The summed E-state index contributed by atoms with van der Waals surface area (Å²) in [5, 5.41) is 11.7. The van der Waals surface area contributed by atoms with Gasteiger partial charge in [-0.15, -0.1) is 0 Å². The lowest BCUT2D eigenvalue weighted by Crippen LogP contribution is -2.22. The lowest BCUT2D eigenvalue weighted by atomic mass is 10.5. The van der Waals surface area contributed by atoms with E-state index in [9.17, 15) is 9.59 Å². The fraction of sp³-hybridized carbons (Fsp3) is 0.333. The minimum atomic E-state index is -1.08. The first-order valence-electron chi connectivity index (χ1n) is 4.30. The van der Waals surface area contributed by atoms with E-state index in [4.69, 9.17) is 9.52 Å². The second-order valence-electron chi connectivity index (χ2n) is 2.76. The van der Waals surface area contributed by atoms with Gasteiger partial charge in [0.05, 0.1) is 0 Å². The second kappa shape index (κ2) is 5.45. The average Bonchev–Trinajstić information content (AvgIpc) is 2.60. The molecule has 5 nitrogen and oxygen atoms in total. The summed E-state index contributed by atoms with van der Waals surface area (Å²) in [6.07, 6.45) is 0. The van der Waals surface area contributed by atoms with Gasteiger partial charge in [-0.1, -0.05) is 11.8 Å². The Bertz CT molecular complexity index is 361. The van der Waals surface area contributed by atoms with E-state index in [1.165, 1.54) is 24.8 Å². The van der Waals surface area contributed by atoms with Crippen molar-refractivity contribution >= 4 is 23.6 Å². The molecule has 0 bridgehead atoms. The quantitative estimate of drug-likeness (QED) is 0.586. The third kappa shape index (κ3) is 4.07. The number of rotatable bonds is 5. The van der Waals surface area contributed by atoms with Crippen LogP contribution in [0.5, 0.6) is 0 Å². The molecule has 1 heterocycles. The molecule has 0 atom stereocenters. The normalized spacial score (nSPS) is 9.93. The molecule has 1 rings (SSSR count). The molecule has 1 aromatic rings. The van der Waals surface area contributed by atoms with Crippen molar-refractivity contribution in [2.45, 2.75) is 12.0 Å².